The molecule has 0 spiro atoms. The van der Waals surface area contributed by atoms with E-state index in [1.54, 1.807) is 29.2 Å². The lowest BCUT2D eigenvalue weighted by atomic mass is 10.3. The normalized spacial score (nSPS) is 11.3. The average Bonchev–Trinajstić information content (AvgIpc) is 3.17. The number of imidazole rings is 1. The minimum absolute atomic E-state index is 0.0719. The van der Waals surface area contributed by atoms with Gasteiger partial charge in [0.1, 0.15) is 11.6 Å². The van der Waals surface area contributed by atoms with Gasteiger partial charge in [0.25, 0.3) is 0 Å². The third-order valence-electron chi connectivity index (χ3n) is 3.82. The molecule has 2 heterocycles. The summed E-state index contributed by atoms with van der Waals surface area (Å²) in [6.07, 6.45) is 7.29. The smallest absolute Gasteiger partial charge is 0.125 e. The van der Waals surface area contributed by atoms with Crippen molar-refractivity contribution in [3.8, 4) is 5.69 Å². The minimum Gasteiger partial charge on any atom is -0.395 e. The topological polar surface area (TPSA) is 59.1 Å². The number of benzene rings is 1. The summed E-state index contributed by atoms with van der Waals surface area (Å²) in [4.78, 5) is 6.41. The number of aliphatic hydroxyl groups is 1. The fourth-order valence-corrected chi connectivity index (χ4v) is 2.56. The van der Waals surface area contributed by atoms with Crippen LogP contribution in [-0.4, -0.2) is 42.5 Å². The highest BCUT2D eigenvalue weighted by Crippen LogP contribution is 2.12. The standard InChI is InChI=1S/C17H20FN5O/c1-21-6-5-19-17(21)13-22(7-8-24)11-14-10-20-23(12-14)16-4-2-3-15(18)9-16/h2-6,9-10,12,24H,7-8,11,13H2,1H3. The van der Waals surface area contributed by atoms with Gasteiger partial charge < -0.3 is 9.67 Å². The molecule has 3 aromatic rings. The number of aryl methyl sites for hydroxylation is 1. The van der Waals surface area contributed by atoms with Gasteiger partial charge in [-0.15, -0.1) is 0 Å². The predicted molar refractivity (Wildman–Crippen MR) is 87.9 cm³/mol. The maximum atomic E-state index is 13.3. The van der Waals surface area contributed by atoms with Crippen molar-refractivity contribution in [1.82, 2.24) is 24.2 Å². The van der Waals surface area contributed by atoms with Crippen molar-refractivity contribution in [1.29, 1.82) is 0 Å². The van der Waals surface area contributed by atoms with Crippen molar-refractivity contribution in [3.05, 3.63) is 66.3 Å². The third-order valence-corrected chi connectivity index (χ3v) is 3.82. The van der Waals surface area contributed by atoms with Crippen LogP contribution in [0.4, 0.5) is 4.39 Å². The van der Waals surface area contributed by atoms with Gasteiger partial charge in [0, 0.05) is 44.3 Å². The molecule has 2 aromatic heterocycles. The number of hydrogen-bond acceptors (Lipinski definition) is 4. The first-order valence-corrected chi connectivity index (χ1v) is 7.74. The Morgan fingerprint density at radius 3 is 2.88 bits per heavy atom. The molecule has 3 rings (SSSR count). The summed E-state index contributed by atoms with van der Waals surface area (Å²) in [5, 5.41) is 13.6. The molecule has 0 fully saturated rings. The molecule has 0 amide bonds. The van der Waals surface area contributed by atoms with Crippen LogP contribution in [0.15, 0.2) is 49.1 Å². The Hall–Kier alpha value is -2.51. The van der Waals surface area contributed by atoms with Crippen molar-refractivity contribution in [2.24, 2.45) is 7.05 Å². The highest BCUT2D eigenvalue weighted by Gasteiger charge is 2.11. The Kier molecular flexibility index (Phi) is 5.02. The van der Waals surface area contributed by atoms with E-state index in [4.69, 9.17) is 0 Å². The van der Waals surface area contributed by atoms with E-state index in [0.717, 1.165) is 11.4 Å². The van der Waals surface area contributed by atoms with Crippen molar-refractivity contribution in [2.45, 2.75) is 13.1 Å². The quantitative estimate of drug-likeness (QED) is 0.717. The molecule has 0 bridgehead atoms. The van der Waals surface area contributed by atoms with E-state index < -0.39 is 0 Å². The Morgan fingerprint density at radius 2 is 2.17 bits per heavy atom. The number of rotatable bonds is 7. The Balaban J connectivity index is 1.72. The number of aromatic nitrogens is 4. The molecule has 0 saturated heterocycles. The van der Waals surface area contributed by atoms with Crippen molar-refractivity contribution >= 4 is 0 Å². The first-order chi connectivity index (χ1) is 11.7. The zero-order valence-electron chi connectivity index (χ0n) is 13.5. The van der Waals surface area contributed by atoms with Crippen molar-refractivity contribution in [3.63, 3.8) is 0 Å². The van der Waals surface area contributed by atoms with Crippen LogP contribution in [-0.2, 0) is 20.1 Å². The molecule has 7 heteroatoms. The molecule has 0 saturated carbocycles. The fourth-order valence-electron chi connectivity index (χ4n) is 2.56. The molecule has 1 N–H and O–H groups in total. The van der Waals surface area contributed by atoms with Gasteiger partial charge in [0.15, 0.2) is 0 Å². The molecule has 6 nitrogen and oxygen atoms in total. The zero-order valence-corrected chi connectivity index (χ0v) is 13.5. The first-order valence-electron chi connectivity index (χ1n) is 7.74. The molecule has 0 aliphatic carbocycles. The molecule has 0 aliphatic rings. The number of hydrogen-bond donors (Lipinski definition) is 1. The zero-order chi connectivity index (χ0) is 16.9. The number of nitrogens with zero attached hydrogens (tertiary/aromatic N) is 5. The van der Waals surface area contributed by atoms with E-state index in [0.29, 0.717) is 25.3 Å². The van der Waals surface area contributed by atoms with Crippen LogP contribution in [0.1, 0.15) is 11.4 Å². The molecule has 0 atom stereocenters. The Bertz CT molecular complexity index is 798. The molecule has 1 aromatic carbocycles. The lowest BCUT2D eigenvalue weighted by molar-refractivity contribution is 0.180. The van der Waals surface area contributed by atoms with Crippen LogP contribution in [0.3, 0.4) is 0 Å². The summed E-state index contributed by atoms with van der Waals surface area (Å²) in [7, 11) is 1.95. The van der Waals surface area contributed by atoms with Gasteiger partial charge in [-0.1, -0.05) is 6.07 Å². The van der Waals surface area contributed by atoms with Crippen LogP contribution in [0.5, 0.6) is 0 Å². The molecule has 0 aliphatic heterocycles. The molecule has 0 unspecified atom stereocenters. The second-order valence-corrected chi connectivity index (χ2v) is 5.66. The predicted octanol–water partition coefficient (Wildman–Crippen LogP) is 1.74. The van der Waals surface area contributed by atoms with E-state index in [2.05, 4.69) is 15.0 Å². The minimum atomic E-state index is -0.291. The van der Waals surface area contributed by atoms with Crippen LogP contribution < -0.4 is 0 Å². The van der Waals surface area contributed by atoms with Gasteiger partial charge in [-0.2, -0.15) is 5.10 Å². The average molecular weight is 329 g/mol. The second-order valence-electron chi connectivity index (χ2n) is 5.66. The van der Waals surface area contributed by atoms with E-state index in [-0.39, 0.29) is 12.4 Å². The number of aliphatic hydroxyl groups excluding tert-OH is 1. The molecule has 126 valence electrons. The maximum Gasteiger partial charge on any atom is 0.125 e. The first kappa shape index (κ1) is 16.4. The van der Waals surface area contributed by atoms with Gasteiger partial charge in [-0.05, 0) is 18.2 Å². The summed E-state index contributed by atoms with van der Waals surface area (Å²) in [5.41, 5.74) is 1.67. The second kappa shape index (κ2) is 7.37. The van der Waals surface area contributed by atoms with Gasteiger partial charge in [-0.3, -0.25) is 4.90 Å². The summed E-state index contributed by atoms with van der Waals surface area (Å²) in [5.74, 6) is 0.641. The maximum absolute atomic E-state index is 13.3. The van der Waals surface area contributed by atoms with Crippen LogP contribution in [0.25, 0.3) is 5.69 Å². The fraction of sp³-hybridized carbons (Fsp3) is 0.294. The van der Waals surface area contributed by atoms with Crippen LogP contribution >= 0.6 is 0 Å². The van der Waals surface area contributed by atoms with E-state index in [1.165, 1.54) is 12.1 Å². The van der Waals surface area contributed by atoms with Crippen LogP contribution in [0, 0.1) is 5.82 Å². The summed E-state index contributed by atoms with van der Waals surface area (Å²) < 4.78 is 16.9. The lowest BCUT2D eigenvalue weighted by Gasteiger charge is -2.20. The molecular formula is C17H20FN5O. The van der Waals surface area contributed by atoms with E-state index >= 15 is 0 Å². The monoisotopic (exact) mass is 329 g/mol. The molecular weight excluding hydrogens is 309 g/mol. The van der Waals surface area contributed by atoms with Crippen LogP contribution in [0.2, 0.25) is 0 Å². The largest absolute Gasteiger partial charge is 0.395 e. The molecule has 24 heavy (non-hydrogen) atoms. The molecule has 0 radical (unpaired) electrons. The Morgan fingerprint density at radius 1 is 1.29 bits per heavy atom. The van der Waals surface area contributed by atoms with E-state index in [9.17, 15) is 9.50 Å². The van der Waals surface area contributed by atoms with Gasteiger partial charge in [-0.25, -0.2) is 14.1 Å². The van der Waals surface area contributed by atoms with Crippen molar-refractivity contribution in [2.75, 3.05) is 13.2 Å². The van der Waals surface area contributed by atoms with Gasteiger partial charge in [0.05, 0.1) is 25.0 Å². The third kappa shape index (κ3) is 3.87. The summed E-state index contributed by atoms with van der Waals surface area (Å²) in [6, 6.07) is 6.31. The number of halogens is 1. The Labute approximate surface area is 139 Å². The SMILES string of the molecule is Cn1ccnc1CN(CCO)Cc1cnn(-c2cccc(F)c2)c1. The lowest BCUT2D eigenvalue weighted by Crippen LogP contribution is -2.27. The highest BCUT2D eigenvalue weighted by atomic mass is 19.1. The van der Waals surface area contributed by atoms with Gasteiger partial charge >= 0.3 is 0 Å². The highest BCUT2D eigenvalue weighted by molar-refractivity contribution is 5.31. The van der Waals surface area contributed by atoms with Crippen molar-refractivity contribution < 1.29 is 9.50 Å². The summed E-state index contributed by atoms with van der Waals surface area (Å²) in [6.45, 7) is 1.87. The summed E-state index contributed by atoms with van der Waals surface area (Å²) >= 11 is 0. The van der Waals surface area contributed by atoms with E-state index in [1.807, 2.05) is 24.0 Å². The van der Waals surface area contributed by atoms with Gasteiger partial charge in [0.2, 0.25) is 0 Å².